The predicted octanol–water partition coefficient (Wildman–Crippen LogP) is 1.59. The quantitative estimate of drug-likeness (QED) is 0.880. The first-order valence-corrected chi connectivity index (χ1v) is 10.2. The van der Waals surface area contributed by atoms with Crippen LogP contribution in [0.2, 0.25) is 0 Å². The smallest absolute Gasteiger partial charge is 0.321 e. The molecular weight excluding hydrogens is 342 g/mol. The van der Waals surface area contributed by atoms with Crippen molar-refractivity contribution in [1.82, 2.24) is 9.21 Å². The molecule has 0 spiro atoms. The molecule has 2 aliphatic rings. The fourth-order valence-electron chi connectivity index (χ4n) is 3.32. The van der Waals surface area contributed by atoms with E-state index in [0.29, 0.717) is 25.3 Å². The molecule has 0 bridgehead atoms. The number of fused-ring (bicyclic) bond motifs is 1. The number of carbonyl (C=O) groups is 1. The Hall–Kier alpha value is -1.64. The summed E-state index contributed by atoms with van der Waals surface area (Å²) in [6.07, 6.45) is -0.280. The minimum atomic E-state index is -3.37. The van der Waals surface area contributed by atoms with Gasteiger partial charge in [-0.2, -0.15) is 4.31 Å². The van der Waals surface area contributed by atoms with Gasteiger partial charge >= 0.3 is 6.03 Å². The number of para-hydroxylation sites is 1. The van der Waals surface area contributed by atoms with Crippen molar-refractivity contribution in [3.8, 4) is 0 Å². The Morgan fingerprint density at radius 3 is 2.68 bits per heavy atom. The number of ether oxygens (including phenoxy) is 1. The minimum Gasteiger partial charge on any atom is -0.374 e. The van der Waals surface area contributed by atoms with Crippen LogP contribution in [0.1, 0.15) is 13.8 Å². The van der Waals surface area contributed by atoms with Gasteiger partial charge in [-0.3, -0.25) is 0 Å². The van der Waals surface area contributed by atoms with Gasteiger partial charge in [0.1, 0.15) is 0 Å². The second-order valence-corrected chi connectivity index (χ2v) is 9.00. The summed E-state index contributed by atoms with van der Waals surface area (Å²) in [5.41, 5.74) is 0.715. The fraction of sp³-hybridized carbons (Fsp3) is 0.588. The molecule has 1 N–H and O–H groups in total. The van der Waals surface area contributed by atoms with Gasteiger partial charge in [-0.15, -0.1) is 0 Å². The maximum absolute atomic E-state index is 12.6. The van der Waals surface area contributed by atoms with E-state index in [0.717, 1.165) is 0 Å². The molecular formula is C17H25N3O4S. The van der Waals surface area contributed by atoms with Crippen molar-refractivity contribution in [2.45, 2.75) is 26.0 Å². The largest absolute Gasteiger partial charge is 0.374 e. The van der Waals surface area contributed by atoms with Crippen molar-refractivity contribution >= 4 is 21.7 Å². The van der Waals surface area contributed by atoms with E-state index >= 15 is 0 Å². The molecule has 0 aliphatic carbocycles. The van der Waals surface area contributed by atoms with Crippen molar-refractivity contribution in [2.75, 3.05) is 37.3 Å². The molecule has 3 rings (SSSR count). The number of hydrogen-bond acceptors (Lipinski definition) is 4. The van der Waals surface area contributed by atoms with Crippen LogP contribution in [0.15, 0.2) is 30.3 Å². The van der Waals surface area contributed by atoms with Crippen LogP contribution in [0.25, 0.3) is 0 Å². The number of benzene rings is 1. The Bertz CT molecular complexity index is 708. The van der Waals surface area contributed by atoms with Crippen LogP contribution in [0.3, 0.4) is 0 Å². The lowest BCUT2D eigenvalue weighted by Gasteiger charge is -2.29. The molecule has 8 heteroatoms. The maximum Gasteiger partial charge on any atom is 0.321 e. The first-order valence-electron chi connectivity index (χ1n) is 8.59. The lowest BCUT2D eigenvalue weighted by Crippen LogP contribution is -2.47. The SMILES string of the molecule is CC(C)CN1[C@@H]2CN(C(=O)Nc3ccccc3)C[C@@H]2OCCS1(=O)=O. The average molecular weight is 367 g/mol. The monoisotopic (exact) mass is 367 g/mol. The molecule has 0 unspecified atom stereocenters. The summed E-state index contributed by atoms with van der Waals surface area (Å²) in [4.78, 5) is 14.2. The predicted molar refractivity (Wildman–Crippen MR) is 95.9 cm³/mol. The Labute approximate surface area is 149 Å². The summed E-state index contributed by atoms with van der Waals surface area (Å²) >= 11 is 0. The Balaban J connectivity index is 1.74. The number of carbonyl (C=O) groups excluding carboxylic acids is 1. The van der Waals surface area contributed by atoms with Crippen LogP contribution >= 0.6 is 0 Å². The van der Waals surface area contributed by atoms with E-state index in [1.165, 1.54) is 0 Å². The second-order valence-electron chi connectivity index (χ2n) is 6.96. The van der Waals surface area contributed by atoms with Crippen molar-refractivity contribution in [2.24, 2.45) is 5.92 Å². The van der Waals surface area contributed by atoms with Gasteiger partial charge in [0.2, 0.25) is 10.0 Å². The fourth-order valence-corrected chi connectivity index (χ4v) is 5.01. The Morgan fingerprint density at radius 1 is 1.28 bits per heavy atom. The molecule has 2 aliphatic heterocycles. The van der Waals surface area contributed by atoms with Crippen LogP contribution in [0.5, 0.6) is 0 Å². The molecule has 2 atom stereocenters. The molecule has 2 amide bonds. The molecule has 138 valence electrons. The van der Waals surface area contributed by atoms with Crippen LogP contribution in [0, 0.1) is 5.92 Å². The zero-order chi connectivity index (χ0) is 18.0. The molecule has 0 aromatic heterocycles. The number of sulfonamides is 1. The number of rotatable bonds is 3. The highest BCUT2D eigenvalue weighted by atomic mass is 32.2. The lowest BCUT2D eigenvalue weighted by atomic mass is 10.1. The zero-order valence-electron chi connectivity index (χ0n) is 14.6. The number of anilines is 1. The highest BCUT2D eigenvalue weighted by Crippen LogP contribution is 2.26. The average Bonchev–Trinajstić information content (AvgIpc) is 2.92. The van der Waals surface area contributed by atoms with Gasteiger partial charge in [0.05, 0.1) is 31.1 Å². The molecule has 0 radical (unpaired) electrons. The van der Waals surface area contributed by atoms with Gasteiger partial charge in [0.25, 0.3) is 0 Å². The summed E-state index contributed by atoms with van der Waals surface area (Å²) < 4.78 is 32.5. The first kappa shape index (κ1) is 18.2. The Morgan fingerprint density at radius 2 is 2.00 bits per heavy atom. The van der Waals surface area contributed by atoms with Gasteiger partial charge in [-0.1, -0.05) is 32.0 Å². The summed E-state index contributed by atoms with van der Waals surface area (Å²) in [7, 11) is -3.37. The number of nitrogens with zero attached hydrogens (tertiary/aromatic N) is 2. The summed E-state index contributed by atoms with van der Waals surface area (Å²) in [5, 5.41) is 2.85. The van der Waals surface area contributed by atoms with Crippen molar-refractivity contribution in [1.29, 1.82) is 0 Å². The van der Waals surface area contributed by atoms with Crippen molar-refractivity contribution in [3.05, 3.63) is 30.3 Å². The van der Waals surface area contributed by atoms with Crippen molar-refractivity contribution < 1.29 is 17.9 Å². The zero-order valence-corrected chi connectivity index (χ0v) is 15.4. The molecule has 1 aromatic carbocycles. The van der Waals surface area contributed by atoms with E-state index in [1.807, 2.05) is 44.2 Å². The van der Waals surface area contributed by atoms with E-state index in [1.54, 1.807) is 9.21 Å². The van der Waals surface area contributed by atoms with Crippen LogP contribution < -0.4 is 5.32 Å². The van der Waals surface area contributed by atoms with Crippen LogP contribution in [0.4, 0.5) is 10.5 Å². The van der Waals surface area contributed by atoms with Gasteiger partial charge in [0.15, 0.2) is 0 Å². The molecule has 7 nitrogen and oxygen atoms in total. The molecule has 2 saturated heterocycles. The van der Waals surface area contributed by atoms with E-state index in [2.05, 4.69) is 5.32 Å². The van der Waals surface area contributed by atoms with E-state index < -0.39 is 10.0 Å². The van der Waals surface area contributed by atoms with Gasteiger partial charge in [-0.25, -0.2) is 13.2 Å². The van der Waals surface area contributed by atoms with Crippen LogP contribution in [-0.4, -0.2) is 67.8 Å². The molecule has 0 saturated carbocycles. The van der Waals surface area contributed by atoms with E-state index in [-0.39, 0.29) is 36.5 Å². The summed E-state index contributed by atoms with van der Waals surface area (Å²) in [6, 6.07) is 8.66. The number of amides is 2. The molecule has 1 aromatic rings. The maximum atomic E-state index is 12.6. The van der Waals surface area contributed by atoms with Gasteiger partial charge in [-0.05, 0) is 18.1 Å². The Kier molecular flexibility index (Phi) is 5.31. The lowest BCUT2D eigenvalue weighted by molar-refractivity contribution is 0.0468. The topological polar surface area (TPSA) is 79.0 Å². The standard InChI is InChI=1S/C17H25N3O4S/c1-13(2)10-20-15-11-19(12-16(15)24-8-9-25(20,22)23)17(21)18-14-6-4-3-5-7-14/h3-7,13,15-16H,8-12H2,1-2H3,(H,18,21)/t15-,16+/m1/s1. The van der Waals surface area contributed by atoms with E-state index in [9.17, 15) is 13.2 Å². The minimum absolute atomic E-state index is 0.00291. The third-order valence-electron chi connectivity index (χ3n) is 4.49. The highest BCUT2D eigenvalue weighted by Gasteiger charge is 2.45. The van der Waals surface area contributed by atoms with Crippen molar-refractivity contribution in [3.63, 3.8) is 0 Å². The summed E-state index contributed by atoms with van der Waals surface area (Å²) in [5.74, 6) is 0.212. The second kappa shape index (κ2) is 7.31. The number of urea groups is 1. The highest BCUT2D eigenvalue weighted by molar-refractivity contribution is 7.89. The number of nitrogens with one attached hydrogen (secondary N) is 1. The third-order valence-corrected chi connectivity index (χ3v) is 6.31. The third kappa shape index (κ3) is 4.13. The number of likely N-dealkylation sites (tertiary alicyclic amines) is 1. The van der Waals surface area contributed by atoms with Gasteiger partial charge < -0.3 is 15.0 Å². The first-order chi connectivity index (χ1) is 11.9. The summed E-state index contributed by atoms with van der Waals surface area (Å²) in [6.45, 7) is 5.34. The number of hydrogen-bond donors (Lipinski definition) is 1. The molecule has 25 heavy (non-hydrogen) atoms. The molecule has 2 fully saturated rings. The van der Waals surface area contributed by atoms with Gasteiger partial charge in [0, 0.05) is 18.8 Å². The molecule has 2 heterocycles. The van der Waals surface area contributed by atoms with Crippen LogP contribution in [-0.2, 0) is 14.8 Å². The normalized spacial score (nSPS) is 26.3. The van der Waals surface area contributed by atoms with E-state index in [4.69, 9.17) is 4.74 Å².